The number of hydrogen-bond donors (Lipinski definition) is 0. The average molecular weight is 378 g/mol. The third-order valence-corrected chi connectivity index (χ3v) is 3.64. The summed E-state index contributed by atoms with van der Waals surface area (Å²) in [5.74, 6) is -0.600. The Morgan fingerprint density at radius 3 is 2.19 bits per heavy atom. The van der Waals surface area contributed by atoms with E-state index in [-0.39, 0.29) is 11.8 Å². The fraction of sp³-hybridized carbons (Fsp3) is 0.200. The first-order valence-corrected chi connectivity index (χ1v) is 7.94. The summed E-state index contributed by atoms with van der Waals surface area (Å²) in [5, 5.41) is 0. The van der Waals surface area contributed by atoms with Crippen LogP contribution in [-0.2, 0) is 16.1 Å². The molecule has 0 aliphatic heterocycles. The number of aldehydes is 1. The minimum atomic E-state index is -4.70. The molecule has 2 rings (SSSR count). The van der Waals surface area contributed by atoms with Gasteiger partial charge in [-0.25, -0.2) is 4.79 Å². The SMILES string of the molecule is C=CC(C=O)(CC(F)(F)F)OC(=O)c1ccc(OCc2ccccc2)cc1. The highest BCUT2D eigenvalue weighted by Crippen LogP contribution is 2.30. The van der Waals surface area contributed by atoms with Gasteiger partial charge in [0.1, 0.15) is 12.4 Å². The van der Waals surface area contributed by atoms with Gasteiger partial charge < -0.3 is 9.47 Å². The molecule has 0 heterocycles. The maximum absolute atomic E-state index is 12.6. The highest BCUT2D eigenvalue weighted by molar-refractivity contribution is 5.91. The lowest BCUT2D eigenvalue weighted by Gasteiger charge is -2.25. The summed E-state index contributed by atoms with van der Waals surface area (Å²) >= 11 is 0. The van der Waals surface area contributed by atoms with E-state index in [4.69, 9.17) is 9.47 Å². The van der Waals surface area contributed by atoms with Crippen LogP contribution in [0.3, 0.4) is 0 Å². The summed E-state index contributed by atoms with van der Waals surface area (Å²) in [5.41, 5.74) is -1.52. The van der Waals surface area contributed by atoms with Crippen LogP contribution in [-0.4, -0.2) is 24.0 Å². The second-order valence-corrected chi connectivity index (χ2v) is 5.76. The number of ether oxygens (including phenoxy) is 2. The molecule has 0 aliphatic carbocycles. The number of alkyl halides is 3. The monoisotopic (exact) mass is 378 g/mol. The quantitative estimate of drug-likeness (QED) is 0.386. The third-order valence-electron chi connectivity index (χ3n) is 3.64. The van der Waals surface area contributed by atoms with E-state index in [9.17, 15) is 22.8 Å². The summed E-state index contributed by atoms with van der Waals surface area (Å²) in [7, 11) is 0. The molecule has 2 aromatic carbocycles. The summed E-state index contributed by atoms with van der Waals surface area (Å²) in [6.07, 6.45) is -5.76. The van der Waals surface area contributed by atoms with Crippen LogP contribution in [0.1, 0.15) is 22.3 Å². The summed E-state index contributed by atoms with van der Waals surface area (Å²) in [4.78, 5) is 23.2. The lowest BCUT2D eigenvalue weighted by atomic mass is 10.0. The zero-order chi connectivity index (χ0) is 19.9. The molecule has 0 saturated heterocycles. The second-order valence-electron chi connectivity index (χ2n) is 5.76. The molecule has 0 spiro atoms. The van der Waals surface area contributed by atoms with Crippen molar-refractivity contribution in [2.24, 2.45) is 0 Å². The van der Waals surface area contributed by atoms with Crippen LogP contribution in [0.25, 0.3) is 0 Å². The van der Waals surface area contributed by atoms with E-state index in [0.717, 1.165) is 5.56 Å². The van der Waals surface area contributed by atoms with Crippen molar-refractivity contribution < 1.29 is 32.2 Å². The molecule has 0 aromatic heterocycles. The number of rotatable bonds is 8. The van der Waals surface area contributed by atoms with Crippen LogP contribution in [0.2, 0.25) is 0 Å². The summed E-state index contributed by atoms with van der Waals surface area (Å²) < 4.78 is 48.3. The lowest BCUT2D eigenvalue weighted by molar-refractivity contribution is -0.169. The van der Waals surface area contributed by atoms with Gasteiger partial charge in [0.2, 0.25) is 0 Å². The van der Waals surface area contributed by atoms with Crippen molar-refractivity contribution >= 4 is 12.3 Å². The molecular formula is C20H17F3O4. The van der Waals surface area contributed by atoms with Crippen LogP contribution in [0.15, 0.2) is 67.3 Å². The fourth-order valence-electron chi connectivity index (χ4n) is 2.24. The summed E-state index contributed by atoms with van der Waals surface area (Å²) in [6.45, 7) is 3.49. The molecule has 4 nitrogen and oxygen atoms in total. The summed E-state index contributed by atoms with van der Waals surface area (Å²) in [6, 6.07) is 15.1. The zero-order valence-electron chi connectivity index (χ0n) is 14.2. The Morgan fingerprint density at radius 2 is 1.67 bits per heavy atom. The van der Waals surface area contributed by atoms with Gasteiger partial charge in [0.25, 0.3) is 0 Å². The fourth-order valence-corrected chi connectivity index (χ4v) is 2.24. The van der Waals surface area contributed by atoms with E-state index >= 15 is 0 Å². The van der Waals surface area contributed by atoms with Gasteiger partial charge in [0, 0.05) is 0 Å². The molecule has 0 N–H and O–H groups in total. The van der Waals surface area contributed by atoms with Gasteiger partial charge in [-0.2, -0.15) is 13.2 Å². The van der Waals surface area contributed by atoms with E-state index < -0.39 is 24.2 Å². The Morgan fingerprint density at radius 1 is 1.04 bits per heavy atom. The number of hydrogen-bond acceptors (Lipinski definition) is 4. The normalized spacial score (nSPS) is 13.3. The molecule has 1 unspecified atom stereocenters. The second kappa shape index (κ2) is 8.53. The van der Waals surface area contributed by atoms with E-state index in [1.165, 1.54) is 24.3 Å². The number of halogens is 3. The highest BCUT2D eigenvalue weighted by Gasteiger charge is 2.43. The largest absolute Gasteiger partial charge is 0.489 e. The molecule has 1 atom stereocenters. The topological polar surface area (TPSA) is 52.6 Å². The van der Waals surface area contributed by atoms with Gasteiger partial charge >= 0.3 is 12.1 Å². The van der Waals surface area contributed by atoms with Gasteiger partial charge in [-0.05, 0) is 35.9 Å². The first-order chi connectivity index (χ1) is 12.8. The minimum absolute atomic E-state index is 0.0164. The van der Waals surface area contributed by atoms with Crippen molar-refractivity contribution in [3.8, 4) is 5.75 Å². The average Bonchev–Trinajstić information content (AvgIpc) is 2.66. The Labute approximate surface area is 154 Å². The van der Waals surface area contributed by atoms with E-state index in [1.807, 2.05) is 30.3 Å². The maximum Gasteiger partial charge on any atom is 0.393 e. The van der Waals surface area contributed by atoms with Crippen LogP contribution >= 0.6 is 0 Å². The molecule has 0 amide bonds. The molecule has 0 saturated carbocycles. The third kappa shape index (κ3) is 5.99. The highest BCUT2D eigenvalue weighted by atomic mass is 19.4. The van der Waals surface area contributed by atoms with E-state index in [2.05, 4.69) is 6.58 Å². The van der Waals surface area contributed by atoms with Crippen molar-refractivity contribution in [3.63, 3.8) is 0 Å². The van der Waals surface area contributed by atoms with Crippen molar-refractivity contribution in [3.05, 3.63) is 78.4 Å². The smallest absolute Gasteiger partial charge is 0.393 e. The Bertz CT molecular complexity index is 775. The number of carbonyl (C=O) groups excluding carboxylic acids is 2. The van der Waals surface area contributed by atoms with Crippen molar-refractivity contribution in [1.29, 1.82) is 0 Å². The molecule has 0 aliphatic rings. The van der Waals surface area contributed by atoms with E-state index in [1.54, 1.807) is 0 Å². The Hall–Kier alpha value is -3.09. The van der Waals surface area contributed by atoms with Crippen LogP contribution < -0.4 is 4.74 Å². The predicted molar refractivity (Wildman–Crippen MR) is 92.3 cm³/mol. The molecule has 0 fully saturated rings. The van der Waals surface area contributed by atoms with Crippen molar-refractivity contribution in [2.45, 2.75) is 24.8 Å². The van der Waals surface area contributed by atoms with Crippen molar-refractivity contribution in [1.82, 2.24) is 0 Å². The molecule has 7 heteroatoms. The number of carbonyl (C=O) groups is 2. The molecule has 27 heavy (non-hydrogen) atoms. The van der Waals surface area contributed by atoms with Crippen LogP contribution in [0.4, 0.5) is 13.2 Å². The van der Waals surface area contributed by atoms with Gasteiger partial charge in [0.05, 0.1) is 12.0 Å². The molecule has 0 radical (unpaired) electrons. The van der Waals surface area contributed by atoms with Gasteiger partial charge in [0.15, 0.2) is 11.9 Å². The van der Waals surface area contributed by atoms with Gasteiger partial charge in [-0.3, -0.25) is 4.79 Å². The number of benzene rings is 2. The minimum Gasteiger partial charge on any atom is -0.489 e. The zero-order valence-corrected chi connectivity index (χ0v) is 14.2. The first-order valence-electron chi connectivity index (χ1n) is 7.94. The van der Waals surface area contributed by atoms with Crippen molar-refractivity contribution in [2.75, 3.05) is 0 Å². The molecule has 0 bridgehead atoms. The Kier molecular flexibility index (Phi) is 6.39. The molecule has 2 aromatic rings. The lowest BCUT2D eigenvalue weighted by Crippen LogP contribution is -2.39. The standard InChI is InChI=1S/C20H17F3O4/c1-2-19(14-24,13-20(21,22)23)27-18(25)16-8-10-17(11-9-16)26-12-15-6-4-3-5-7-15/h2-11,14H,1,12-13H2. The number of esters is 1. The first kappa shape index (κ1) is 20.2. The van der Waals surface area contributed by atoms with Gasteiger partial charge in [-0.15, -0.1) is 0 Å². The maximum atomic E-state index is 12.6. The van der Waals surface area contributed by atoms with E-state index in [0.29, 0.717) is 18.4 Å². The Balaban J connectivity index is 2.03. The molecule has 142 valence electrons. The van der Waals surface area contributed by atoms with Gasteiger partial charge in [-0.1, -0.05) is 36.9 Å². The predicted octanol–water partition coefficient (Wildman–Crippen LogP) is 4.50. The van der Waals surface area contributed by atoms with Crippen LogP contribution in [0, 0.1) is 0 Å². The van der Waals surface area contributed by atoms with Crippen LogP contribution in [0.5, 0.6) is 5.75 Å². The molecular weight excluding hydrogens is 361 g/mol.